The fourth-order valence-corrected chi connectivity index (χ4v) is 6.26. The summed E-state index contributed by atoms with van der Waals surface area (Å²) in [5, 5.41) is 18.9. The maximum Gasteiger partial charge on any atom is 0.300 e. The molecule has 244 valence electrons. The van der Waals surface area contributed by atoms with Crippen LogP contribution in [0.2, 0.25) is 0 Å². The number of fused-ring (bicyclic) bond motifs is 6. The Kier molecular flexibility index (Phi) is 9.11. The lowest BCUT2D eigenvalue weighted by atomic mass is 9.81. The van der Waals surface area contributed by atoms with Gasteiger partial charge in [-0.1, -0.05) is 31.4 Å². The first-order valence-corrected chi connectivity index (χ1v) is 15.9. The average Bonchev–Trinajstić information content (AvgIpc) is 3.00. The van der Waals surface area contributed by atoms with Crippen LogP contribution in [0.15, 0.2) is 46.6 Å². The molecule has 1 saturated heterocycles. The predicted molar refractivity (Wildman–Crippen MR) is 173 cm³/mol. The number of carboxylic acid groups (broad SMARTS) is 1. The van der Waals surface area contributed by atoms with Gasteiger partial charge in [-0.05, 0) is 87.0 Å². The van der Waals surface area contributed by atoms with Gasteiger partial charge in [-0.3, -0.25) is 14.4 Å². The molecular weight excluding hydrogens is 590 g/mol. The molecule has 8 rings (SSSR count). The van der Waals surface area contributed by atoms with Gasteiger partial charge in [0.2, 0.25) is 0 Å². The fourth-order valence-electron chi connectivity index (χ4n) is 6.26. The number of hydrogen-bond donors (Lipinski definition) is 4. The lowest BCUT2D eigenvalue weighted by Gasteiger charge is -2.38. The highest BCUT2D eigenvalue weighted by Crippen LogP contribution is 2.38. The number of amides is 2. The van der Waals surface area contributed by atoms with Crippen molar-refractivity contribution in [1.29, 1.82) is 0 Å². The SMILES string of the molecule is CC(=O)O.CC1C(=O)NN=C2COc3ccc(CC4CCC4)cc3N21.CC1C(=O)NN=C2COc3ccc(CC4CNC4)cc3N21. The van der Waals surface area contributed by atoms with Crippen LogP contribution in [0.25, 0.3) is 0 Å². The number of carbonyl (C=O) groups excluding carboxylic acids is 2. The summed E-state index contributed by atoms with van der Waals surface area (Å²) in [5.41, 5.74) is 9.62. The zero-order chi connectivity index (χ0) is 32.4. The van der Waals surface area contributed by atoms with E-state index in [1.165, 1.54) is 30.4 Å². The first kappa shape index (κ1) is 31.3. The number of anilines is 2. The van der Waals surface area contributed by atoms with Crippen LogP contribution in [-0.4, -0.2) is 72.9 Å². The summed E-state index contributed by atoms with van der Waals surface area (Å²) < 4.78 is 11.5. The molecule has 0 aromatic heterocycles. The number of nitrogens with zero attached hydrogens (tertiary/aromatic N) is 4. The molecule has 2 atom stereocenters. The molecule has 2 fully saturated rings. The summed E-state index contributed by atoms with van der Waals surface area (Å²) in [5.74, 6) is 3.74. The molecule has 5 heterocycles. The molecule has 0 spiro atoms. The van der Waals surface area contributed by atoms with E-state index < -0.39 is 5.97 Å². The van der Waals surface area contributed by atoms with Crippen LogP contribution in [0.4, 0.5) is 11.4 Å². The van der Waals surface area contributed by atoms with Crippen LogP contribution in [0.3, 0.4) is 0 Å². The van der Waals surface area contributed by atoms with E-state index in [0.717, 1.165) is 73.3 Å². The summed E-state index contributed by atoms with van der Waals surface area (Å²) in [6, 6.07) is 12.1. The monoisotopic (exact) mass is 631 g/mol. The Morgan fingerprint density at radius 2 is 1.28 bits per heavy atom. The summed E-state index contributed by atoms with van der Waals surface area (Å²) in [6.07, 6.45) is 6.21. The summed E-state index contributed by atoms with van der Waals surface area (Å²) >= 11 is 0. The molecule has 5 aliphatic heterocycles. The van der Waals surface area contributed by atoms with Crippen LogP contribution in [0.5, 0.6) is 11.5 Å². The van der Waals surface area contributed by atoms with Crippen molar-refractivity contribution in [2.24, 2.45) is 22.0 Å². The van der Waals surface area contributed by atoms with Crippen molar-refractivity contribution in [2.45, 2.75) is 65.0 Å². The first-order valence-electron chi connectivity index (χ1n) is 15.9. The Morgan fingerprint density at radius 3 is 1.67 bits per heavy atom. The Morgan fingerprint density at radius 1 is 0.826 bits per heavy atom. The minimum Gasteiger partial charge on any atom is -0.483 e. The van der Waals surface area contributed by atoms with E-state index in [-0.39, 0.29) is 23.9 Å². The van der Waals surface area contributed by atoms with E-state index in [2.05, 4.69) is 50.6 Å². The van der Waals surface area contributed by atoms with E-state index >= 15 is 0 Å². The molecule has 13 heteroatoms. The Balaban J connectivity index is 0.000000145. The minimum absolute atomic E-state index is 0.0732. The lowest BCUT2D eigenvalue weighted by molar-refractivity contribution is -0.134. The van der Waals surface area contributed by atoms with Crippen molar-refractivity contribution in [3.63, 3.8) is 0 Å². The quantitative estimate of drug-likeness (QED) is 0.398. The van der Waals surface area contributed by atoms with Gasteiger partial charge in [-0.2, -0.15) is 10.2 Å². The van der Waals surface area contributed by atoms with Crippen molar-refractivity contribution < 1.29 is 29.0 Å². The molecular formula is C33H41N7O6. The molecule has 2 unspecified atom stereocenters. The molecule has 2 aromatic carbocycles. The van der Waals surface area contributed by atoms with Gasteiger partial charge >= 0.3 is 0 Å². The van der Waals surface area contributed by atoms with Gasteiger partial charge in [0.15, 0.2) is 11.7 Å². The number of carboxylic acids is 1. The molecule has 0 radical (unpaired) electrons. The van der Waals surface area contributed by atoms with Crippen molar-refractivity contribution in [3.8, 4) is 11.5 Å². The molecule has 6 aliphatic rings. The second-order valence-electron chi connectivity index (χ2n) is 12.5. The second kappa shape index (κ2) is 13.4. The third kappa shape index (κ3) is 6.64. The number of ether oxygens (including phenoxy) is 2. The summed E-state index contributed by atoms with van der Waals surface area (Å²) in [7, 11) is 0. The van der Waals surface area contributed by atoms with E-state index in [4.69, 9.17) is 19.4 Å². The van der Waals surface area contributed by atoms with Crippen LogP contribution in [0, 0.1) is 11.8 Å². The van der Waals surface area contributed by atoms with Gasteiger partial charge in [-0.25, -0.2) is 10.9 Å². The normalized spacial score (nSPS) is 22.7. The molecule has 4 N–H and O–H groups in total. The van der Waals surface area contributed by atoms with Crippen LogP contribution < -0.4 is 35.4 Å². The van der Waals surface area contributed by atoms with Crippen LogP contribution in [-0.2, 0) is 27.2 Å². The van der Waals surface area contributed by atoms with Crippen molar-refractivity contribution in [3.05, 3.63) is 47.5 Å². The number of carbonyl (C=O) groups is 3. The van der Waals surface area contributed by atoms with Crippen LogP contribution >= 0.6 is 0 Å². The number of nitrogens with one attached hydrogen (secondary N) is 3. The van der Waals surface area contributed by atoms with E-state index in [1.54, 1.807) is 0 Å². The summed E-state index contributed by atoms with van der Waals surface area (Å²) in [4.78, 5) is 36.7. The number of rotatable bonds is 4. The minimum atomic E-state index is -0.833. The number of amidine groups is 2. The fraction of sp³-hybridized carbons (Fsp3) is 0.485. The van der Waals surface area contributed by atoms with Gasteiger partial charge in [0.05, 0.1) is 11.4 Å². The predicted octanol–water partition coefficient (Wildman–Crippen LogP) is 2.63. The zero-order valence-corrected chi connectivity index (χ0v) is 26.4. The van der Waals surface area contributed by atoms with Gasteiger partial charge in [0.1, 0.15) is 36.8 Å². The largest absolute Gasteiger partial charge is 0.483 e. The topological polar surface area (TPSA) is 157 Å². The van der Waals surface area contributed by atoms with Crippen molar-refractivity contribution in [1.82, 2.24) is 16.2 Å². The maximum absolute atomic E-state index is 11.9. The molecule has 0 bridgehead atoms. The molecule has 2 aromatic rings. The molecule has 2 amide bonds. The van der Waals surface area contributed by atoms with E-state index in [1.807, 2.05) is 35.8 Å². The Hall–Kier alpha value is -4.65. The molecule has 13 nitrogen and oxygen atoms in total. The van der Waals surface area contributed by atoms with Crippen molar-refractivity contribution >= 4 is 40.8 Å². The van der Waals surface area contributed by atoms with E-state index in [0.29, 0.717) is 19.1 Å². The standard InChI is InChI=1S/C16H19N3O2.C15H18N4O2.C2H4O2/c1-10-16(20)18-17-15-9-21-14-6-5-12(7-11-3-2-4-11)8-13(14)19(10)15;1-9-15(20)18-17-14-8-21-13-3-2-10(4-11-6-16-7-11)5-12(13)19(9)14;1-2(3)4/h5-6,8,10-11H,2-4,7,9H2,1H3,(H,18,20);2-3,5,9,11,16H,4,6-8H2,1H3,(H,18,20);1H3,(H,3,4). The third-order valence-electron chi connectivity index (χ3n) is 9.10. The smallest absolute Gasteiger partial charge is 0.300 e. The van der Waals surface area contributed by atoms with Gasteiger partial charge in [0.25, 0.3) is 17.8 Å². The number of aliphatic carboxylic acids is 1. The third-order valence-corrected chi connectivity index (χ3v) is 9.10. The number of hydrogen-bond acceptors (Lipinski definition) is 10. The van der Waals surface area contributed by atoms with Crippen LogP contribution in [0.1, 0.15) is 51.2 Å². The zero-order valence-electron chi connectivity index (χ0n) is 26.4. The van der Waals surface area contributed by atoms with Crippen molar-refractivity contribution in [2.75, 3.05) is 36.1 Å². The highest BCUT2D eigenvalue weighted by Gasteiger charge is 2.36. The van der Waals surface area contributed by atoms with Gasteiger partial charge in [0, 0.05) is 6.92 Å². The maximum atomic E-state index is 11.9. The first-order chi connectivity index (χ1) is 22.2. The summed E-state index contributed by atoms with van der Waals surface area (Å²) in [6.45, 7) is 7.84. The lowest BCUT2D eigenvalue weighted by Crippen LogP contribution is -2.55. The van der Waals surface area contributed by atoms with E-state index in [9.17, 15) is 9.59 Å². The van der Waals surface area contributed by atoms with Gasteiger partial charge in [-0.15, -0.1) is 0 Å². The molecule has 1 aliphatic carbocycles. The highest BCUT2D eigenvalue weighted by atomic mass is 16.5. The van der Waals surface area contributed by atoms with Gasteiger partial charge < -0.3 is 29.7 Å². The Bertz CT molecular complexity index is 1450. The molecule has 1 saturated carbocycles. The number of hydrazone groups is 2. The number of benzene rings is 2. The molecule has 46 heavy (non-hydrogen) atoms. The Labute approximate surface area is 268 Å². The second-order valence-corrected chi connectivity index (χ2v) is 12.5. The highest BCUT2D eigenvalue weighted by molar-refractivity contribution is 6.10. The average molecular weight is 632 g/mol.